The van der Waals surface area contributed by atoms with E-state index in [9.17, 15) is 9.59 Å². The maximum absolute atomic E-state index is 12.3. The van der Waals surface area contributed by atoms with Crippen LogP contribution in [0.4, 0.5) is 4.79 Å². The molecule has 1 fully saturated rings. The Morgan fingerprint density at radius 1 is 1.30 bits per heavy atom. The van der Waals surface area contributed by atoms with Gasteiger partial charge in [0.15, 0.2) is 0 Å². The largest absolute Gasteiger partial charge is 0.444 e. The second-order valence-corrected chi connectivity index (χ2v) is 7.45. The molecule has 1 amide bonds. The molecule has 122 valence electrons. The van der Waals surface area contributed by atoms with Crippen LogP contribution in [-0.2, 0) is 11.3 Å². The molecule has 2 aliphatic rings. The molecule has 0 radical (unpaired) electrons. The lowest BCUT2D eigenvalue weighted by atomic mass is 9.83. The van der Waals surface area contributed by atoms with Gasteiger partial charge in [0.1, 0.15) is 5.60 Å². The van der Waals surface area contributed by atoms with Crippen LogP contribution in [0.3, 0.4) is 0 Å². The van der Waals surface area contributed by atoms with Crippen LogP contribution in [-0.4, -0.2) is 34.3 Å². The molecule has 3 rings (SSSR count). The summed E-state index contributed by atoms with van der Waals surface area (Å²) in [5, 5.41) is 0. The summed E-state index contributed by atoms with van der Waals surface area (Å²) in [6.45, 7) is 7.43. The zero-order chi connectivity index (χ0) is 16.8. The predicted octanol–water partition coefficient (Wildman–Crippen LogP) is 2.18. The highest BCUT2D eigenvalue weighted by atomic mass is 16.6. The summed E-state index contributed by atoms with van der Waals surface area (Å²) >= 11 is 0. The Bertz CT molecular complexity index is 736. The molecule has 0 aromatic carbocycles. The summed E-state index contributed by atoms with van der Waals surface area (Å²) in [4.78, 5) is 26.4. The van der Waals surface area contributed by atoms with Crippen LogP contribution in [0.15, 0.2) is 16.9 Å². The van der Waals surface area contributed by atoms with Crippen LogP contribution in [0.5, 0.6) is 0 Å². The highest BCUT2D eigenvalue weighted by molar-refractivity contribution is 5.68. The van der Waals surface area contributed by atoms with Crippen LogP contribution in [0.1, 0.15) is 44.4 Å². The van der Waals surface area contributed by atoms with Crippen molar-refractivity contribution >= 4 is 6.09 Å². The summed E-state index contributed by atoms with van der Waals surface area (Å²) in [5.74, 6) is 2.95. The molecule has 1 aromatic heterocycles. The Morgan fingerprint density at radius 3 is 2.70 bits per heavy atom. The number of ether oxygens (including phenoxy) is 1. The molecule has 23 heavy (non-hydrogen) atoms. The maximum atomic E-state index is 12.3. The van der Waals surface area contributed by atoms with E-state index < -0.39 is 5.60 Å². The summed E-state index contributed by atoms with van der Waals surface area (Å²) < 4.78 is 7.30. The fourth-order valence-electron chi connectivity index (χ4n) is 3.52. The zero-order valence-electron chi connectivity index (χ0n) is 13.8. The van der Waals surface area contributed by atoms with Crippen molar-refractivity contribution in [3.8, 4) is 12.3 Å². The highest BCUT2D eigenvalue weighted by Gasteiger charge is 2.37. The third kappa shape index (κ3) is 3.12. The average Bonchev–Trinajstić information content (AvgIpc) is 2.46. The monoisotopic (exact) mass is 314 g/mol. The molecule has 0 spiro atoms. The first-order valence-corrected chi connectivity index (χ1v) is 7.96. The number of pyridine rings is 1. The SMILES string of the molecule is C#Cc1cc2n(c(=O)c1)CC1C[C@H]2CN(C(=O)OC(C)(C)C)C1. The number of nitrogens with zero attached hydrogens (tertiary/aromatic N) is 2. The van der Waals surface area contributed by atoms with Crippen LogP contribution >= 0.6 is 0 Å². The summed E-state index contributed by atoms with van der Waals surface area (Å²) in [5.41, 5.74) is 0.995. The first kappa shape index (κ1) is 15.7. The molecule has 2 aliphatic heterocycles. The normalized spacial score (nSPS) is 23.0. The quantitative estimate of drug-likeness (QED) is 0.690. The molecular formula is C18H22N2O3. The molecular weight excluding hydrogens is 292 g/mol. The van der Waals surface area contributed by atoms with E-state index in [2.05, 4.69) is 5.92 Å². The topological polar surface area (TPSA) is 51.5 Å². The number of carbonyl (C=O) groups is 1. The molecule has 1 unspecified atom stereocenters. The van der Waals surface area contributed by atoms with Crippen molar-refractivity contribution in [3.63, 3.8) is 0 Å². The van der Waals surface area contributed by atoms with E-state index in [1.54, 1.807) is 4.90 Å². The minimum atomic E-state index is -0.505. The molecule has 2 bridgehead atoms. The van der Waals surface area contributed by atoms with Gasteiger partial charge in [-0.25, -0.2) is 4.79 Å². The lowest BCUT2D eigenvalue weighted by Gasteiger charge is -2.42. The van der Waals surface area contributed by atoms with E-state index in [-0.39, 0.29) is 23.5 Å². The zero-order valence-corrected chi connectivity index (χ0v) is 13.8. The van der Waals surface area contributed by atoms with Crippen LogP contribution in [0.25, 0.3) is 0 Å². The molecule has 0 aliphatic carbocycles. The molecule has 2 atom stereocenters. The molecule has 5 heteroatoms. The number of aromatic nitrogens is 1. The van der Waals surface area contributed by atoms with Gasteiger partial charge in [-0.05, 0) is 39.2 Å². The summed E-state index contributed by atoms with van der Waals surface area (Å²) in [6.07, 6.45) is 6.14. The van der Waals surface area contributed by atoms with Crippen molar-refractivity contribution in [2.45, 2.75) is 45.3 Å². The van der Waals surface area contributed by atoms with Crippen molar-refractivity contribution in [1.82, 2.24) is 9.47 Å². The number of carbonyl (C=O) groups excluding carboxylic acids is 1. The third-order valence-electron chi connectivity index (χ3n) is 4.37. The molecule has 0 N–H and O–H groups in total. The molecule has 5 nitrogen and oxygen atoms in total. The smallest absolute Gasteiger partial charge is 0.410 e. The maximum Gasteiger partial charge on any atom is 0.410 e. The first-order chi connectivity index (χ1) is 10.8. The minimum Gasteiger partial charge on any atom is -0.444 e. The fraction of sp³-hybridized carbons (Fsp3) is 0.556. The van der Waals surface area contributed by atoms with Crippen molar-refractivity contribution in [3.05, 3.63) is 33.7 Å². The molecule has 1 saturated heterocycles. The van der Waals surface area contributed by atoms with Crippen molar-refractivity contribution in [2.75, 3.05) is 13.1 Å². The number of likely N-dealkylation sites (tertiary alicyclic amines) is 1. The number of fused-ring (bicyclic) bond motifs is 4. The van der Waals surface area contributed by atoms with Crippen molar-refractivity contribution < 1.29 is 9.53 Å². The Kier molecular flexibility index (Phi) is 3.71. The molecule has 1 aromatic rings. The number of hydrogen-bond donors (Lipinski definition) is 0. The average molecular weight is 314 g/mol. The van der Waals surface area contributed by atoms with Gasteiger partial charge in [-0.3, -0.25) is 4.79 Å². The van der Waals surface area contributed by atoms with E-state index in [0.717, 1.165) is 12.1 Å². The lowest BCUT2D eigenvalue weighted by molar-refractivity contribution is 0.0102. The van der Waals surface area contributed by atoms with E-state index in [1.807, 2.05) is 31.4 Å². The lowest BCUT2D eigenvalue weighted by Crippen LogP contribution is -2.50. The van der Waals surface area contributed by atoms with E-state index in [0.29, 0.717) is 25.2 Å². The summed E-state index contributed by atoms with van der Waals surface area (Å²) in [7, 11) is 0. The van der Waals surface area contributed by atoms with Crippen molar-refractivity contribution in [2.24, 2.45) is 5.92 Å². The highest BCUT2D eigenvalue weighted by Crippen LogP contribution is 2.35. The van der Waals surface area contributed by atoms with Gasteiger partial charge in [0.25, 0.3) is 5.56 Å². The first-order valence-electron chi connectivity index (χ1n) is 7.96. The number of rotatable bonds is 0. The number of hydrogen-bond acceptors (Lipinski definition) is 3. The number of amides is 1. The third-order valence-corrected chi connectivity index (χ3v) is 4.37. The van der Waals surface area contributed by atoms with Crippen LogP contribution < -0.4 is 5.56 Å². The fourth-order valence-corrected chi connectivity index (χ4v) is 3.52. The van der Waals surface area contributed by atoms with Gasteiger partial charge < -0.3 is 14.2 Å². The Labute approximate surface area is 136 Å². The summed E-state index contributed by atoms with van der Waals surface area (Å²) in [6, 6.07) is 3.41. The van der Waals surface area contributed by atoms with Gasteiger partial charge in [0, 0.05) is 42.9 Å². The minimum absolute atomic E-state index is 0.0455. The second-order valence-electron chi connectivity index (χ2n) is 7.45. The predicted molar refractivity (Wildman–Crippen MR) is 87.3 cm³/mol. The standard InChI is InChI=1S/C18H22N2O3/c1-5-12-7-15-14-6-13(10-20(15)16(21)8-12)9-19(11-14)17(22)23-18(2,3)4/h1,7-8,13-14H,6,9-11H2,2-4H3/t13?,14-/m0/s1. The van der Waals surface area contributed by atoms with Gasteiger partial charge in [0.05, 0.1) is 0 Å². The van der Waals surface area contributed by atoms with Gasteiger partial charge >= 0.3 is 6.09 Å². The van der Waals surface area contributed by atoms with Crippen molar-refractivity contribution in [1.29, 1.82) is 0 Å². The van der Waals surface area contributed by atoms with Gasteiger partial charge in [-0.15, -0.1) is 6.42 Å². The van der Waals surface area contributed by atoms with Gasteiger partial charge in [0.2, 0.25) is 0 Å². The molecule has 0 saturated carbocycles. The van der Waals surface area contributed by atoms with E-state index >= 15 is 0 Å². The van der Waals surface area contributed by atoms with E-state index in [1.165, 1.54) is 6.07 Å². The Balaban J connectivity index is 1.88. The van der Waals surface area contributed by atoms with Crippen LogP contribution in [0.2, 0.25) is 0 Å². The Morgan fingerprint density at radius 2 is 2.04 bits per heavy atom. The van der Waals surface area contributed by atoms with E-state index in [4.69, 9.17) is 11.2 Å². The Hall–Kier alpha value is -2.22. The molecule has 3 heterocycles. The van der Waals surface area contributed by atoms with Gasteiger partial charge in [-0.2, -0.15) is 0 Å². The number of piperidine rings is 1. The number of terminal acetylenes is 1. The van der Waals surface area contributed by atoms with Gasteiger partial charge in [-0.1, -0.05) is 5.92 Å². The van der Waals surface area contributed by atoms with Crippen LogP contribution in [0, 0.1) is 18.3 Å². The second kappa shape index (κ2) is 5.45.